The predicted molar refractivity (Wildman–Crippen MR) is 64.6 cm³/mol. The van der Waals surface area contributed by atoms with Gasteiger partial charge < -0.3 is 9.47 Å². The average Bonchev–Trinajstić information content (AvgIpc) is 2.39. The van der Waals surface area contributed by atoms with E-state index >= 15 is 0 Å². The van der Waals surface area contributed by atoms with Gasteiger partial charge in [-0.15, -0.1) is 0 Å². The highest BCUT2D eigenvalue weighted by Crippen LogP contribution is 2.34. The number of allylic oxidation sites excluding steroid dienone is 2. The Morgan fingerprint density at radius 1 is 1.06 bits per heavy atom. The largest absolute Gasteiger partial charge is 0.497 e. The van der Waals surface area contributed by atoms with Crippen LogP contribution >= 0.6 is 0 Å². The van der Waals surface area contributed by atoms with Crippen molar-refractivity contribution in [3.05, 3.63) is 54.1 Å². The molecule has 2 heteroatoms. The van der Waals surface area contributed by atoms with Gasteiger partial charge in [-0.05, 0) is 23.8 Å². The molecule has 0 bridgehead atoms. The second kappa shape index (κ2) is 4.54. The molecule has 0 N–H and O–H groups in total. The van der Waals surface area contributed by atoms with Gasteiger partial charge in [0.25, 0.3) is 0 Å². The Kier molecular flexibility index (Phi) is 3.11. The Morgan fingerprint density at radius 3 is 2.31 bits per heavy atom. The summed E-state index contributed by atoms with van der Waals surface area (Å²) in [6.07, 6.45) is 9.15. The van der Waals surface area contributed by atoms with Gasteiger partial charge in [-0.3, -0.25) is 0 Å². The number of ether oxygens (including phenoxy) is 2. The molecular formula is C14H16O2. The van der Waals surface area contributed by atoms with E-state index in [4.69, 9.17) is 9.47 Å². The van der Waals surface area contributed by atoms with E-state index in [2.05, 4.69) is 12.2 Å². The van der Waals surface area contributed by atoms with Gasteiger partial charge in [0, 0.05) is 13.5 Å². The van der Waals surface area contributed by atoms with E-state index in [1.807, 2.05) is 36.4 Å². The Hall–Kier alpha value is -1.54. The molecule has 0 saturated heterocycles. The maximum absolute atomic E-state index is 5.66. The van der Waals surface area contributed by atoms with Crippen molar-refractivity contribution in [2.45, 2.75) is 12.0 Å². The van der Waals surface area contributed by atoms with E-state index in [0.29, 0.717) is 0 Å². The molecule has 0 heterocycles. The third-order valence-corrected chi connectivity index (χ3v) is 2.98. The van der Waals surface area contributed by atoms with Crippen molar-refractivity contribution in [3.8, 4) is 5.75 Å². The van der Waals surface area contributed by atoms with Crippen molar-refractivity contribution in [2.24, 2.45) is 0 Å². The molecule has 1 aliphatic rings. The zero-order chi connectivity index (χ0) is 11.4. The van der Waals surface area contributed by atoms with E-state index < -0.39 is 0 Å². The SMILES string of the molecule is COc1ccc(C2(OC)C=CC=CC2)cc1. The third-order valence-electron chi connectivity index (χ3n) is 2.98. The number of rotatable bonds is 3. The van der Waals surface area contributed by atoms with Gasteiger partial charge in [0.2, 0.25) is 0 Å². The average molecular weight is 216 g/mol. The summed E-state index contributed by atoms with van der Waals surface area (Å²) in [6, 6.07) is 8.02. The minimum atomic E-state index is -0.318. The van der Waals surface area contributed by atoms with Crippen LogP contribution in [-0.2, 0) is 10.3 Å². The van der Waals surface area contributed by atoms with E-state index in [1.54, 1.807) is 14.2 Å². The fraction of sp³-hybridized carbons (Fsp3) is 0.286. The second-order valence-electron chi connectivity index (χ2n) is 3.81. The second-order valence-corrected chi connectivity index (χ2v) is 3.81. The van der Waals surface area contributed by atoms with Crippen molar-refractivity contribution in [3.63, 3.8) is 0 Å². The van der Waals surface area contributed by atoms with E-state index in [-0.39, 0.29) is 5.60 Å². The molecule has 1 aromatic carbocycles. The van der Waals surface area contributed by atoms with Crippen LogP contribution in [0.4, 0.5) is 0 Å². The van der Waals surface area contributed by atoms with Crippen LogP contribution in [0.3, 0.4) is 0 Å². The molecule has 0 saturated carbocycles. The highest BCUT2D eigenvalue weighted by Gasteiger charge is 2.28. The fourth-order valence-corrected chi connectivity index (χ4v) is 1.96. The van der Waals surface area contributed by atoms with Crippen molar-refractivity contribution < 1.29 is 9.47 Å². The Bertz CT molecular complexity index is 403. The van der Waals surface area contributed by atoms with Crippen molar-refractivity contribution in [1.82, 2.24) is 0 Å². The molecule has 0 aliphatic heterocycles. The van der Waals surface area contributed by atoms with E-state index in [1.165, 1.54) is 0 Å². The lowest BCUT2D eigenvalue weighted by Crippen LogP contribution is -2.26. The zero-order valence-corrected chi connectivity index (χ0v) is 9.64. The summed E-state index contributed by atoms with van der Waals surface area (Å²) in [7, 11) is 3.41. The molecule has 1 aromatic rings. The lowest BCUT2D eigenvalue weighted by molar-refractivity contribution is 0.0307. The lowest BCUT2D eigenvalue weighted by Gasteiger charge is -2.30. The Morgan fingerprint density at radius 2 is 1.81 bits per heavy atom. The summed E-state index contributed by atoms with van der Waals surface area (Å²) in [6.45, 7) is 0. The van der Waals surface area contributed by atoms with E-state index in [0.717, 1.165) is 17.7 Å². The van der Waals surface area contributed by atoms with Gasteiger partial charge in [-0.2, -0.15) is 0 Å². The summed E-state index contributed by atoms with van der Waals surface area (Å²) in [5, 5.41) is 0. The third kappa shape index (κ3) is 1.89. The molecule has 0 spiro atoms. The van der Waals surface area contributed by atoms with Crippen LogP contribution < -0.4 is 4.74 Å². The molecule has 1 atom stereocenters. The van der Waals surface area contributed by atoms with Gasteiger partial charge in [0.1, 0.15) is 11.4 Å². The van der Waals surface area contributed by atoms with Crippen LogP contribution in [0.15, 0.2) is 48.6 Å². The topological polar surface area (TPSA) is 18.5 Å². The zero-order valence-electron chi connectivity index (χ0n) is 9.64. The molecule has 0 radical (unpaired) electrons. The van der Waals surface area contributed by atoms with E-state index in [9.17, 15) is 0 Å². The lowest BCUT2D eigenvalue weighted by atomic mass is 9.87. The molecule has 16 heavy (non-hydrogen) atoms. The summed E-state index contributed by atoms with van der Waals surface area (Å²) in [5.74, 6) is 0.866. The Labute approximate surface area is 96.2 Å². The first-order valence-corrected chi connectivity index (χ1v) is 5.35. The minimum absolute atomic E-state index is 0.318. The van der Waals surface area contributed by atoms with Gasteiger partial charge in [0.15, 0.2) is 0 Å². The molecule has 2 rings (SSSR count). The number of benzene rings is 1. The number of hydrogen-bond donors (Lipinski definition) is 0. The molecule has 1 aliphatic carbocycles. The van der Waals surface area contributed by atoms with Crippen LogP contribution in [0.2, 0.25) is 0 Å². The molecule has 0 amide bonds. The predicted octanol–water partition coefficient (Wildman–Crippen LogP) is 3.05. The highest BCUT2D eigenvalue weighted by molar-refractivity contribution is 5.36. The Balaban J connectivity index is 2.33. The van der Waals surface area contributed by atoms with Crippen molar-refractivity contribution in [2.75, 3.05) is 14.2 Å². The van der Waals surface area contributed by atoms with Crippen molar-refractivity contribution in [1.29, 1.82) is 0 Å². The van der Waals surface area contributed by atoms with Crippen LogP contribution in [0, 0.1) is 0 Å². The first-order chi connectivity index (χ1) is 7.80. The number of methoxy groups -OCH3 is 2. The summed E-state index contributed by atoms with van der Waals surface area (Å²) in [4.78, 5) is 0. The maximum atomic E-state index is 5.66. The van der Waals surface area contributed by atoms with Gasteiger partial charge in [-0.1, -0.05) is 30.4 Å². The van der Waals surface area contributed by atoms with Crippen LogP contribution in [0.1, 0.15) is 12.0 Å². The standard InChI is InChI=1S/C14H16O2/c1-15-13-8-6-12(7-9-13)14(16-2)10-4-3-5-11-14/h3-10H,11H2,1-2H3. The number of hydrogen-bond acceptors (Lipinski definition) is 2. The summed E-state index contributed by atoms with van der Waals surface area (Å²) in [5.41, 5.74) is 0.831. The first-order valence-electron chi connectivity index (χ1n) is 5.35. The van der Waals surface area contributed by atoms with Crippen LogP contribution in [0.5, 0.6) is 5.75 Å². The first kappa shape index (κ1) is 11.0. The minimum Gasteiger partial charge on any atom is -0.497 e. The van der Waals surface area contributed by atoms with Crippen LogP contribution in [0.25, 0.3) is 0 Å². The van der Waals surface area contributed by atoms with Gasteiger partial charge in [-0.25, -0.2) is 0 Å². The summed E-state index contributed by atoms with van der Waals surface area (Å²) < 4.78 is 10.8. The van der Waals surface area contributed by atoms with Crippen molar-refractivity contribution >= 4 is 0 Å². The molecule has 0 aromatic heterocycles. The van der Waals surface area contributed by atoms with Gasteiger partial charge in [0.05, 0.1) is 7.11 Å². The fourth-order valence-electron chi connectivity index (χ4n) is 1.96. The summed E-state index contributed by atoms with van der Waals surface area (Å²) >= 11 is 0. The monoisotopic (exact) mass is 216 g/mol. The molecular weight excluding hydrogens is 200 g/mol. The molecule has 84 valence electrons. The van der Waals surface area contributed by atoms with Crippen LogP contribution in [-0.4, -0.2) is 14.2 Å². The van der Waals surface area contributed by atoms with Gasteiger partial charge >= 0.3 is 0 Å². The quantitative estimate of drug-likeness (QED) is 0.773. The normalized spacial score (nSPS) is 23.4. The molecule has 0 fully saturated rings. The maximum Gasteiger partial charge on any atom is 0.118 e. The highest BCUT2D eigenvalue weighted by atomic mass is 16.5. The molecule has 1 unspecified atom stereocenters. The smallest absolute Gasteiger partial charge is 0.118 e. The molecule has 2 nitrogen and oxygen atoms in total.